The van der Waals surface area contributed by atoms with Gasteiger partial charge in [0.25, 0.3) is 5.91 Å². The second-order valence-corrected chi connectivity index (χ2v) is 7.11. The Bertz CT molecular complexity index is 744. The van der Waals surface area contributed by atoms with E-state index in [9.17, 15) is 9.59 Å². The number of carbonyl (C=O) groups excluding carboxylic acids is 2. The molecule has 27 heavy (non-hydrogen) atoms. The molecule has 2 rings (SSSR count). The third kappa shape index (κ3) is 6.98. The average Bonchev–Trinajstić information content (AvgIpc) is 2.70. The molecule has 0 aromatic heterocycles. The molecule has 1 amide bonds. The second-order valence-electron chi connectivity index (χ2n) is 6.06. The van der Waals surface area contributed by atoms with Crippen LogP contribution in [-0.2, 0) is 14.3 Å². The molecule has 0 saturated carbocycles. The van der Waals surface area contributed by atoms with Crippen molar-refractivity contribution in [1.29, 1.82) is 0 Å². The Balaban J connectivity index is 1.74. The highest BCUT2D eigenvalue weighted by molar-refractivity contribution is 8.00. The molecule has 2 aromatic carbocycles. The van der Waals surface area contributed by atoms with Crippen molar-refractivity contribution in [2.75, 3.05) is 19.5 Å². The van der Waals surface area contributed by atoms with E-state index in [2.05, 4.69) is 5.32 Å². The molecular formula is C21H25NO4S. The summed E-state index contributed by atoms with van der Waals surface area (Å²) < 4.78 is 10.2. The number of amides is 1. The van der Waals surface area contributed by atoms with E-state index in [0.29, 0.717) is 0 Å². The zero-order valence-corrected chi connectivity index (χ0v) is 16.7. The normalized spacial score (nSPS) is 11.5. The first-order valence-electron chi connectivity index (χ1n) is 8.80. The molecule has 6 heteroatoms. The van der Waals surface area contributed by atoms with Crippen molar-refractivity contribution in [3.63, 3.8) is 0 Å². The highest BCUT2D eigenvalue weighted by Gasteiger charge is 2.14. The van der Waals surface area contributed by atoms with E-state index >= 15 is 0 Å². The Hall–Kier alpha value is -2.47. The van der Waals surface area contributed by atoms with Gasteiger partial charge >= 0.3 is 5.97 Å². The molecule has 1 N–H and O–H groups in total. The number of rotatable bonds is 9. The van der Waals surface area contributed by atoms with Crippen LogP contribution in [-0.4, -0.2) is 31.3 Å². The number of hydrogen-bond acceptors (Lipinski definition) is 5. The number of ether oxygens (including phenoxy) is 2. The molecule has 0 bridgehead atoms. The molecule has 144 valence electrons. The second kappa shape index (κ2) is 10.6. The van der Waals surface area contributed by atoms with Gasteiger partial charge in [0.2, 0.25) is 0 Å². The van der Waals surface area contributed by atoms with E-state index in [1.54, 1.807) is 7.11 Å². The summed E-state index contributed by atoms with van der Waals surface area (Å²) in [5.41, 5.74) is 2.21. The lowest BCUT2D eigenvalue weighted by Crippen LogP contribution is -2.32. The maximum absolute atomic E-state index is 12.1. The quantitative estimate of drug-likeness (QED) is 0.522. The van der Waals surface area contributed by atoms with Gasteiger partial charge in [0.05, 0.1) is 18.9 Å². The fourth-order valence-corrected chi connectivity index (χ4v) is 3.15. The molecule has 0 aliphatic carbocycles. The molecule has 0 unspecified atom stereocenters. The molecule has 0 heterocycles. The summed E-state index contributed by atoms with van der Waals surface area (Å²) in [6.07, 6.45) is 0.760. The summed E-state index contributed by atoms with van der Waals surface area (Å²) >= 11 is 1.35. The van der Waals surface area contributed by atoms with Crippen molar-refractivity contribution in [2.24, 2.45) is 0 Å². The molecule has 0 saturated heterocycles. The topological polar surface area (TPSA) is 64.6 Å². The molecule has 0 aliphatic heterocycles. The zero-order valence-electron chi connectivity index (χ0n) is 15.9. The third-order valence-electron chi connectivity index (χ3n) is 4.00. The van der Waals surface area contributed by atoms with Crippen LogP contribution >= 0.6 is 11.8 Å². The van der Waals surface area contributed by atoms with Gasteiger partial charge in [-0.25, -0.2) is 0 Å². The predicted molar refractivity (Wildman–Crippen MR) is 107 cm³/mol. The van der Waals surface area contributed by atoms with Crippen LogP contribution in [0.15, 0.2) is 53.4 Å². The van der Waals surface area contributed by atoms with Gasteiger partial charge in [-0.3, -0.25) is 9.59 Å². The summed E-state index contributed by atoms with van der Waals surface area (Å²) in [5, 5.41) is 2.91. The first kappa shape index (κ1) is 20.8. The van der Waals surface area contributed by atoms with Crippen LogP contribution in [0.1, 0.15) is 30.5 Å². The number of benzene rings is 2. The van der Waals surface area contributed by atoms with Crippen molar-refractivity contribution >= 4 is 23.6 Å². The van der Waals surface area contributed by atoms with E-state index in [1.165, 1.54) is 17.3 Å². The van der Waals surface area contributed by atoms with Crippen LogP contribution in [0, 0.1) is 6.92 Å². The van der Waals surface area contributed by atoms with Crippen molar-refractivity contribution in [1.82, 2.24) is 5.32 Å². The first-order chi connectivity index (χ1) is 13.0. The van der Waals surface area contributed by atoms with Crippen LogP contribution in [0.3, 0.4) is 0 Å². The SMILES string of the molecule is CC[C@H](NC(=O)COC(=O)CSc1ccc(OC)cc1)c1ccc(C)cc1. The van der Waals surface area contributed by atoms with Crippen molar-refractivity contribution in [3.05, 3.63) is 59.7 Å². The Kier molecular flexibility index (Phi) is 8.20. The Morgan fingerprint density at radius 1 is 1.07 bits per heavy atom. The Morgan fingerprint density at radius 3 is 2.33 bits per heavy atom. The summed E-state index contributed by atoms with van der Waals surface area (Å²) in [6.45, 7) is 3.75. The van der Waals surface area contributed by atoms with Gasteiger partial charge in [0.15, 0.2) is 6.61 Å². The maximum atomic E-state index is 12.1. The molecular weight excluding hydrogens is 362 g/mol. The minimum Gasteiger partial charge on any atom is -0.497 e. The van der Waals surface area contributed by atoms with Gasteiger partial charge in [-0.15, -0.1) is 11.8 Å². The number of carbonyl (C=O) groups is 2. The zero-order chi connectivity index (χ0) is 19.6. The lowest BCUT2D eigenvalue weighted by atomic mass is 10.0. The van der Waals surface area contributed by atoms with Crippen LogP contribution in [0.25, 0.3) is 0 Å². The minimum absolute atomic E-state index is 0.0922. The molecule has 2 aromatic rings. The van der Waals surface area contributed by atoms with Crippen LogP contribution < -0.4 is 10.1 Å². The number of thioether (sulfide) groups is 1. The van der Waals surface area contributed by atoms with E-state index < -0.39 is 5.97 Å². The Morgan fingerprint density at radius 2 is 1.74 bits per heavy atom. The summed E-state index contributed by atoms with van der Waals surface area (Å²) in [7, 11) is 1.60. The average molecular weight is 388 g/mol. The molecule has 5 nitrogen and oxygen atoms in total. The monoisotopic (exact) mass is 387 g/mol. The van der Waals surface area contributed by atoms with Gasteiger partial charge in [-0.2, -0.15) is 0 Å². The van der Waals surface area contributed by atoms with Gasteiger partial charge < -0.3 is 14.8 Å². The van der Waals surface area contributed by atoms with Crippen LogP contribution in [0.2, 0.25) is 0 Å². The standard InChI is InChI=1S/C21H25NO4S/c1-4-19(16-7-5-15(2)6-8-16)22-20(23)13-26-21(24)14-27-18-11-9-17(25-3)10-12-18/h5-12,19H,4,13-14H2,1-3H3,(H,22,23)/t19-/m0/s1. The fourth-order valence-electron chi connectivity index (χ4n) is 2.46. The Labute approximate surface area is 164 Å². The van der Waals surface area contributed by atoms with E-state index in [0.717, 1.165) is 22.6 Å². The smallest absolute Gasteiger partial charge is 0.316 e. The lowest BCUT2D eigenvalue weighted by Gasteiger charge is -2.17. The minimum atomic E-state index is -0.422. The summed E-state index contributed by atoms with van der Waals surface area (Å²) in [4.78, 5) is 24.9. The largest absolute Gasteiger partial charge is 0.497 e. The van der Waals surface area contributed by atoms with E-state index in [-0.39, 0.29) is 24.3 Å². The molecule has 0 spiro atoms. The first-order valence-corrected chi connectivity index (χ1v) is 9.78. The predicted octanol–water partition coefficient (Wildman–Crippen LogP) is 3.91. The van der Waals surface area contributed by atoms with E-state index in [1.807, 2.05) is 62.4 Å². The van der Waals surface area contributed by atoms with Crippen molar-refractivity contribution < 1.29 is 19.1 Å². The van der Waals surface area contributed by atoms with Crippen LogP contribution in [0.4, 0.5) is 0 Å². The number of esters is 1. The highest BCUT2D eigenvalue weighted by atomic mass is 32.2. The molecule has 0 fully saturated rings. The van der Waals surface area contributed by atoms with E-state index in [4.69, 9.17) is 9.47 Å². The van der Waals surface area contributed by atoms with Gasteiger partial charge in [0.1, 0.15) is 5.75 Å². The van der Waals surface area contributed by atoms with Crippen molar-refractivity contribution in [3.8, 4) is 5.75 Å². The van der Waals surface area contributed by atoms with Crippen molar-refractivity contribution in [2.45, 2.75) is 31.2 Å². The lowest BCUT2D eigenvalue weighted by molar-refractivity contribution is -0.146. The molecule has 0 aliphatic rings. The molecule has 1 atom stereocenters. The van der Waals surface area contributed by atoms with Gasteiger partial charge in [-0.05, 0) is 43.2 Å². The number of hydrogen-bond donors (Lipinski definition) is 1. The number of nitrogens with one attached hydrogen (secondary N) is 1. The fraction of sp³-hybridized carbons (Fsp3) is 0.333. The molecule has 0 radical (unpaired) electrons. The van der Waals surface area contributed by atoms with Crippen LogP contribution in [0.5, 0.6) is 5.75 Å². The summed E-state index contributed by atoms with van der Waals surface area (Å²) in [5.74, 6) is 0.187. The highest BCUT2D eigenvalue weighted by Crippen LogP contribution is 2.21. The number of methoxy groups -OCH3 is 1. The maximum Gasteiger partial charge on any atom is 0.316 e. The third-order valence-corrected chi connectivity index (χ3v) is 4.99. The van der Waals surface area contributed by atoms with Gasteiger partial charge in [-0.1, -0.05) is 36.8 Å². The van der Waals surface area contributed by atoms with Gasteiger partial charge in [0, 0.05) is 4.90 Å². The summed E-state index contributed by atoms with van der Waals surface area (Å²) in [6, 6.07) is 15.3. The number of aryl methyl sites for hydroxylation is 1.